The second-order valence-corrected chi connectivity index (χ2v) is 14.3. The van der Waals surface area contributed by atoms with Gasteiger partial charge in [-0.3, -0.25) is 4.98 Å². The van der Waals surface area contributed by atoms with Gasteiger partial charge in [-0.05, 0) is 77.8 Å². The van der Waals surface area contributed by atoms with Crippen molar-refractivity contribution in [3.63, 3.8) is 0 Å². The number of pyridine rings is 1. The third kappa shape index (κ3) is 4.92. The van der Waals surface area contributed by atoms with E-state index in [0.29, 0.717) is 0 Å². The fourth-order valence-corrected chi connectivity index (χ4v) is 8.94. The SMILES string of the molecule is c1ccc(-c2cccc(-c3cccc4c5ccccc5c5ccccc5c34)c2-c2ncccc2-c2ccccc2-c2cccc3c2[nH]c2ccccc23)cc1. The highest BCUT2D eigenvalue weighted by Crippen LogP contribution is 2.48. The van der Waals surface area contributed by atoms with Crippen LogP contribution in [0.2, 0.25) is 0 Å². The first-order valence-corrected chi connectivity index (χ1v) is 18.9. The minimum Gasteiger partial charge on any atom is -0.354 e. The molecule has 0 bridgehead atoms. The van der Waals surface area contributed by atoms with Crippen LogP contribution in [0.25, 0.3) is 110 Å². The fraction of sp³-hybridized carbons (Fsp3) is 0. The Labute approximate surface area is 319 Å². The van der Waals surface area contributed by atoms with E-state index in [1.165, 1.54) is 54.2 Å². The van der Waals surface area contributed by atoms with Crippen molar-refractivity contribution in [2.45, 2.75) is 0 Å². The summed E-state index contributed by atoms with van der Waals surface area (Å²) in [4.78, 5) is 9.07. The summed E-state index contributed by atoms with van der Waals surface area (Å²) in [6, 6.07) is 70.2. The Kier molecular flexibility index (Phi) is 7.21. The summed E-state index contributed by atoms with van der Waals surface area (Å²) >= 11 is 0. The molecule has 0 atom stereocenters. The number of hydrogen-bond donors (Lipinski definition) is 1. The molecule has 0 radical (unpaired) electrons. The van der Waals surface area contributed by atoms with Crippen molar-refractivity contribution in [3.8, 4) is 55.8 Å². The van der Waals surface area contributed by atoms with E-state index < -0.39 is 0 Å². The minimum absolute atomic E-state index is 0.954. The highest BCUT2D eigenvalue weighted by molar-refractivity contribution is 6.29. The first-order chi connectivity index (χ1) is 27.3. The molecule has 11 rings (SSSR count). The largest absolute Gasteiger partial charge is 0.354 e. The van der Waals surface area contributed by atoms with Crippen LogP contribution in [-0.2, 0) is 0 Å². The van der Waals surface area contributed by atoms with Crippen LogP contribution in [0.5, 0.6) is 0 Å². The Morgan fingerprint density at radius 3 is 1.56 bits per heavy atom. The number of aromatic amines is 1. The van der Waals surface area contributed by atoms with Crippen molar-refractivity contribution >= 4 is 54.1 Å². The number of nitrogens with one attached hydrogen (secondary N) is 1. The van der Waals surface area contributed by atoms with E-state index in [1.54, 1.807) is 0 Å². The lowest BCUT2D eigenvalue weighted by Gasteiger charge is -2.21. The molecular weight excluding hydrogens is 665 g/mol. The van der Waals surface area contributed by atoms with Crippen LogP contribution in [0.4, 0.5) is 0 Å². The van der Waals surface area contributed by atoms with Gasteiger partial charge in [-0.25, -0.2) is 0 Å². The predicted molar refractivity (Wildman–Crippen MR) is 233 cm³/mol. The van der Waals surface area contributed by atoms with Crippen LogP contribution in [0.1, 0.15) is 0 Å². The van der Waals surface area contributed by atoms with Crippen LogP contribution in [0, 0.1) is 0 Å². The number of H-pyrrole nitrogens is 1. The van der Waals surface area contributed by atoms with Crippen LogP contribution in [0.15, 0.2) is 200 Å². The number of benzene rings is 9. The van der Waals surface area contributed by atoms with Crippen LogP contribution in [-0.4, -0.2) is 9.97 Å². The van der Waals surface area contributed by atoms with Gasteiger partial charge < -0.3 is 4.98 Å². The molecule has 0 fully saturated rings. The fourth-order valence-electron chi connectivity index (χ4n) is 8.94. The van der Waals surface area contributed by atoms with Gasteiger partial charge in [0.2, 0.25) is 0 Å². The molecule has 2 aromatic heterocycles. The normalized spacial score (nSPS) is 11.6. The van der Waals surface area contributed by atoms with E-state index in [9.17, 15) is 0 Å². The molecule has 0 aliphatic carbocycles. The molecule has 2 heteroatoms. The zero-order valence-electron chi connectivity index (χ0n) is 30.0. The van der Waals surface area contributed by atoms with Gasteiger partial charge in [0.1, 0.15) is 0 Å². The molecule has 0 saturated carbocycles. The van der Waals surface area contributed by atoms with Gasteiger partial charge in [0, 0.05) is 39.2 Å². The number of hydrogen-bond acceptors (Lipinski definition) is 1. The highest BCUT2D eigenvalue weighted by atomic mass is 14.7. The highest BCUT2D eigenvalue weighted by Gasteiger charge is 2.23. The molecule has 0 aliphatic rings. The van der Waals surface area contributed by atoms with Crippen molar-refractivity contribution in [3.05, 3.63) is 200 Å². The van der Waals surface area contributed by atoms with E-state index in [-0.39, 0.29) is 0 Å². The smallest absolute Gasteiger partial charge is 0.0792 e. The van der Waals surface area contributed by atoms with Crippen molar-refractivity contribution in [1.82, 2.24) is 9.97 Å². The second kappa shape index (κ2) is 12.7. The van der Waals surface area contributed by atoms with Gasteiger partial charge in [0.25, 0.3) is 0 Å². The number of nitrogens with zero attached hydrogens (tertiary/aromatic N) is 1. The molecule has 0 saturated heterocycles. The van der Waals surface area contributed by atoms with E-state index in [4.69, 9.17) is 4.98 Å². The maximum atomic E-state index is 5.31. The quantitative estimate of drug-likeness (QED) is 0.178. The summed E-state index contributed by atoms with van der Waals surface area (Å²) in [6.07, 6.45) is 1.94. The van der Waals surface area contributed by atoms with E-state index in [1.807, 2.05) is 6.20 Å². The summed E-state index contributed by atoms with van der Waals surface area (Å²) in [5.74, 6) is 0. The maximum absolute atomic E-state index is 5.31. The zero-order chi connectivity index (χ0) is 36.3. The Morgan fingerprint density at radius 1 is 0.309 bits per heavy atom. The topological polar surface area (TPSA) is 28.7 Å². The summed E-state index contributed by atoms with van der Waals surface area (Å²) in [5.41, 5.74) is 13.6. The molecule has 0 spiro atoms. The van der Waals surface area contributed by atoms with Crippen LogP contribution < -0.4 is 0 Å². The van der Waals surface area contributed by atoms with Gasteiger partial charge in [-0.15, -0.1) is 0 Å². The first-order valence-electron chi connectivity index (χ1n) is 18.9. The number of rotatable bonds is 5. The standard InChI is InChI=1S/C53H34N2/c1-2-16-34(17-3-1)35-25-12-28-45(44-27-13-26-43-38-19-5-4-18-36(38)37-20-8-9-24-42(37)50(43)44)51(35)53-47(31-15-33-54-53)40-22-7-6-21-39(40)46-29-14-30-48-41-23-10-11-32-49(41)55-52(46)48/h1-33,55H. The Balaban J connectivity index is 1.23. The molecule has 256 valence electrons. The van der Waals surface area contributed by atoms with E-state index >= 15 is 0 Å². The summed E-state index contributed by atoms with van der Waals surface area (Å²) in [5, 5.41) is 10.0. The monoisotopic (exact) mass is 698 g/mol. The molecule has 0 amide bonds. The predicted octanol–water partition coefficient (Wildman–Crippen LogP) is 14.5. The second-order valence-electron chi connectivity index (χ2n) is 14.3. The lowest BCUT2D eigenvalue weighted by molar-refractivity contribution is 1.32. The van der Waals surface area contributed by atoms with E-state index in [0.717, 1.165) is 55.7 Å². The summed E-state index contributed by atoms with van der Waals surface area (Å²) < 4.78 is 0. The Morgan fingerprint density at radius 2 is 0.800 bits per heavy atom. The molecule has 11 aromatic rings. The molecule has 2 heterocycles. The molecule has 1 N–H and O–H groups in total. The van der Waals surface area contributed by atoms with Crippen molar-refractivity contribution in [1.29, 1.82) is 0 Å². The zero-order valence-corrected chi connectivity index (χ0v) is 30.0. The molecular formula is C53H34N2. The average molecular weight is 699 g/mol. The number of aromatic nitrogens is 2. The number of fused-ring (bicyclic) bond motifs is 9. The third-order valence-electron chi connectivity index (χ3n) is 11.3. The summed E-state index contributed by atoms with van der Waals surface area (Å²) in [6.45, 7) is 0. The van der Waals surface area contributed by atoms with Crippen LogP contribution in [0.3, 0.4) is 0 Å². The lowest BCUT2D eigenvalue weighted by atomic mass is 9.83. The molecule has 0 unspecified atom stereocenters. The maximum Gasteiger partial charge on any atom is 0.0792 e. The van der Waals surface area contributed by atoms with Crippen molar-refractivity contribution < 1.29 is 0 Å². The third-order valence-corrected chi connectivity index (χ3v) is 11.3. The van der Waals surface area contributed by atoms with Crippen molar-refractivity contribution in [2.24, 2.45) is 0 Å². The Bertz CT molecular complexity index is 3220. The number of para-hydroxylation sites is 2. The first kappa shape index (κ1) is 31.3. The summed E-state index contributed by atoms with van der Waals surface area (Å²) in [7, 11) is 0. The van der Waals surface area contributed by atoms with Gasteiger partial charge >= 0.3 is 0 Å². The Hall–Kier alpha value is -7.29. The molecule has 55 heavy (non-hydrogen) atoms. The van der Waals surface area contributed by atoms with Crippen molar-refractivity contribution in [2.75, 3.05) is 0 Å². The lowest BCUT2D eigenvalue weighted by Crippen LogP contribution is -1.97. The molecule has 9 aromatic carbocycles. The van der Waals surface area contributed by atoms with Crippen LogP contribution >= 0.6 is 0 Å². The van der Waals surface area contributed by atoms with Gasteiger partial charge in [-0.1, -0.05) is 182 Å². The van der Waals surface area contributed by atoms with Gasteiger partial charge in [0.05, 0.1) is 11.2 Å². The average Bonchev–Trinajstić information content (AvgIpc) is 3.65. The van der Waals surface area contributed by atoms with E-state index in [2.05, 4.69) is 199 Å². The van der Waals surface area contributed by atoms with Gasteiger partial charge in [-0.2, -0.15) is 0 Å². The molecule has 2 nitrogen and oxygen atoms in total. The van der Waals surface area contributed by atoms with Gasteiger partial charge in [0.15, 0.2) is 0 Å². The molecule has 0 aliphatic heterocycles. The minimum atomic E-state index is 0.954.